The van der Waals surface area contributed by atoms with E-state index in [1.165, 1.54) is 5.56 Å². The first-order chi connectivity index (χ1) is 9.29. The Labute approximate surface area is 114 Å². The van der Waals surface area contributed by atoms with Crippen LogP contribution in [0.3, 0.4) is 0 Å². The molecule has 3 rings (SSSR count). The molecule has 0 aliphatic heterocycles. The van der Waals surface area contributed by atoms with Crippen molar-refractivity contribution in [3.63, 3.8) is 0 Å². The molecule has 1 unspecified atom stereocenters. The van der Waals surface area contributed by atoms with Gasteiger partial charge in [0.15, 0.2) is 0 Å². The Morgan fingerprint density at radius 1 is 0.895 bits per heavy atom. The van der Waals surface area contributed by atoms with Crippen LogP contribution in [-0.2, 0) is 12.0 Å². The topological polar surface area (TPSA) is 20.2 Å². The van der Waals surface area contributed by atoms with Crippen LogP contribution in [0.4, 0.5) is 0 Å². The average molecular weight is 252 g/mol. The molecular weight excluding hydrogens is 232 g/mol. The fraction of sp³-hybridized carbons (Fsp3) is 0.333. The van der Waals surface area contributed by atoms with Crippen molar-refractivity contribution in [1.82, 2.24) is 0 Å². The molecule has 0 aromatic heterocycles. The van der Waals surface area contributed by atoms with Crippen molar-refractivity contribution in [1.29, 1.82) is 0 Å². The van der Waals surface area contributed by atoms with Gasteiger partial charge in [-0.3, -0.25) is 0 Å². The second-order valence-electron chi connectivity index (χ2n) is 5.55. The van der Waals surface area contributed by atoms with Gasteiger partial charge in [-0.2, -0.15) is 0 Å². The van der Waals surface area contributed by atoms with E-state index in [4.69, 9.17) is 0 Å². The molecule has 19 heavy (non-hydrogen) atoms. The Kier molecular flexibility index (Phi) is 3.39. The molecule has 98 valence electrons. The molecule has 1 nitrogen and oxygen atoms in total. The number of benzene rings is 2. The molecule has 1 aliphatic carbocycles. The van der Waals surface area contributed by atoms with Gasteiger partial charge >= 0.3 is 0 Å². The summed E-state index contributed by atoms with van der Waals surface area (Å²) < 4.78 is 0. The molecule has 1 N–H and O–H groups in total. The Morgan fingerprint density at radius 2 is 1.47 bits per heavy atom. The van der Waals surface area contributed by atoms with E-state index in [9.17, 15) is 5.11 Å². The zero-order chi connectivity index (χ0) is 13.1. The summed E-state index contributed by atoms with van der Waals surface area (Å²) in [5.74, 6) is 0.443. The van der Waals surface area contributed by atoms with Crippen LogP contribution in [-0.4, -0.2) is 5.11 Å². The molecule has 1 atom stereocenters. The van der Waals surface area contributed by atoms with Crippen molar-refractivity contribution in [3.8, 4) is 0 Å². The third kappa shape index (κ3) is 2.71. The largest absolute Gasteiger partial charge is 0.385 e. The van der Waals surface area contributed by atoms with Crippen molar-refractivity contribution in [2.45, 2.75) is 31.3 Å². The minimum absolute atomic E-state index is 0.443. The van der Waals surface area contributed by atoms with Gasteiger partial charge in [0.25, 0.3) is 0 Å². The van der Waals surface area contributed by atoms with Crippen LogP contribution < -0.4 is 0 Å². The van der Waals surface area contributed by atoms with Crippen molar-refractivity contribution in [3.05, 3.63) is 71.8 Å². The predicted octanol–water partition coefficient (Wildman–Crippen LogP) is 3.92. The van der Waals surface area contributed by atoms with E-state index < -0.39 is 5.60 Å². The Hall–Kier alpha value is -1.60. The maximum Gasteiger partial charge on any atom is 0.0927 e. The lowest BCUT2D eigenvalue weighted by atomic mass is 9.83. The van der Waals surface area contributed by atoms with Gasteiger partial charge in [0.05, 0.1) is 5.60 Å². The number of hydrogen-bond acceptors (Lipinski definition) is 1. The number of aliphatic hydroxyl groups is 1. The van der Waals surface area contributed by atoms with E-state index >= 15 is 0 Å². The summed E-state index contributed by atoms with van der Waals surface area (Å²) in [6.45, 7) is 0. The molecule has 1 aliphatic rings. The quantitative estimate of drug-likeness (QED) is 0.855. The molecule has 0 heterocycles. The monoisotopic (exact) mass is 252 g/mol. The predicted molar refractivity (Wildman–Crippen MR) is 77.8 cm³/mol. The van der Waals surface area contributed by atoms with Crippen LogP contribution in [0, 0.1) is 5.92 Å². The molecule has 0 spiro atoms. The van der Waals surface area contributed by atoms with E-state index in [0.29, 0.717) is 5.92 Å². The number of aryl methyl sites for hydroxylation is 1. The second kappa shape index (κ2) is 5.18. The lowest BCUT2D eigenvalue weighted by Gasteiger charge is -2.29. The minimum Gasteiger partial charge on any atom is -0.385 e. The summed E-state index contributed by atoms with van der Waals surface area (Å²) in [7, 11) is 0. The summed E-state index contributed by atoms with van der Waals surface area (Å²) in [5.41, 5.74) is 1.74. The summed E-state index contributed by atoms with van der Waals surface area (Å²) in [5, 5.41) is 11.1. The SMILES string of the molecule is OC(CCc1ccccc1)(c1ccccc1)C1CC1. The Bertz CT molecular complexity index is 516. The average Bonchev–Trinajstić information content (AvgIpc) is 3.32. The van der Waals surface area contributed by atoms with E-state index in [1.54, 1.807) is 0 Å². The molecule has 0 radical (unpaired) electrons. The van der Waals surface area contributed by atoms with Crippen LogP contribution >= 0.6 is 0 Å². The summed E-state index contributed by atoms with van der Waals surface area (Å²) >= 11 is 0. The highest BCUT2D eigenvalue weighted by atomic mass is 16.3. The van der Waals surface area contributed by atoms with Gasteiger partial charge < -0.3 is 5.11 Å². The molecule has 2 aromatic carbocycles. The van der Waals surface area contributed by atoms with Crippen LogP contribution in [0.2, 0.25) is 0 Å². The van der Waals surface area contributed by atoms with Crippen LogP contribution in [0.25, 0.3) is 0 Å². The summed E-state index contributed by atoms with van der Waals surface area (Å²) in [6, 6.07) is 20.6. The summed E-state index contributed by atoms with van der Waals surface area (Å²) in [4.78, 5) is 0. The van der Waals surface area contributed by atoms with Gasteiger partial charge in [0, 0.05) is 0 Å². The minimum atomic E-state index is -0.642. The molecular formula is C18H20O. The van der Waals surface area contributed by atoms with Crippen LogP contribution in [0.1, 0.15) is 30.4 Å². The lowest BCUT2D eigenvalue weighted by molar-refractivity contribution is 0.00435. The lowest BCUT2D eigenvalue weighted by Crippen LogP contribution is -2.29. The molecule has 0 bridgehead atoms. The van der Waals surface area contributed by atoms with Gasteiger partial charge in [0.1, 0.15) is 0 Å². The van der Waals surface area contributed by atoms with E-state index in [1.807, 2.05) is 24.3 Å². The third-order valence-corrected chi connectivity index (χ3v) is 4.16. The molecule has 1 heteroatoms. The van der Waals surface area contributed by atoms with Gasteiger partial charge in [-0.25, -0.2) is 0 Å². The Balaban J connectivity index is 1.78. The van der Waals surface area contributed by atoms with Crippen molar-refractivity contribution < 1.29 is 5.11 Å². The van der Waals surface area contributed by atoms with E-state index in [0.717, 1.165) is 31.2 Å². The zero-order valence-electron chi connectivity index (χ0n) is 11.1. The van der Waals surface area contributed by atoms with Crippen molar-refractivity contribution >= 4 is 0 Å². The molecule has 2 aromatic rings. The fourth-order valence-corrected chi connectivity index (χ4v) is 2.85. The highest BCUT2D eigenvalue weighted by Gasteiger charge is 2.44. The molecule has 0 amide bonds. The maximum atomic E-state index is 11.1. The highest BCUT2D eigenvalue weighted by Crippen LogP contribution is 2.48. The standard InChI is InChI=1S/C18H20O/c19-18(17-11-12-17,16-9-5-2-6-10-16)14-13-15-7-3-1-4-8-15/h1-10,17,19H,11-14H2. The normalized spacial score (nSPS) is 17.9. The van der Waals surface area contributed by atoms with E-state index in [-0.39, 0.29) is 0 Å². The van der Waals surface area contributed by atoms with Gasteiger partial charge in [-0.15, -0.1) is 0 Å². The molecule has 1 fully saturated rings. The van der Waals surface area contributed by atoms with Crippen molar-refractivity contribution in [2.75, 3.05) is 0 Å². The zero-order valence-corrected chi connectivity index (χ0v) is 11.1. The second-order valence-corrected chi connectivity index (χ2v) is 5.55. The molecule has 1 saturated carbocycles. The highest BCUT2D eigenvalue weighted by molar-refractivity contribution is 5.26. The third-order valence-electron chi connectivity index (χ3n) is 4.16. The first-order valence-electron chi connectivity index (χ1n) is 7.11. The van der Waals surface area contributed by atoms with Crippen molar-refractivity contribution in [2.24, 2.45) is 5.92 Å². The first-order valence-corrected chi connectivity index (χ1v) is 7.11. The number of rotatable bonds is 5. The smallest absolute Gasteiger partial charge is 0.0927 e. The fourth-order valence-electron chi connectivity index (χ4n) is 2.85. The van der Waals surface area contributed by atoms with Gasteiger partial charge in [-0.05, 0) is 42.7 Å². The van der Waals surface area contributed by atoms with Gasteiger partial charge in [0.2, 0.25) is 0 Å². The van der Waals surface area contributed by atoms with Crippen LogP contribution in [0.5, 0.6) is 0 Å². The Morgan fingerprint density at radius 3 is 2.05 bits per heavy atom. The van der Waals surface area contributed by atoms with Gasteiger partial charge in [-0.1, -0.05) is 60.7 Å². The van der Waals surface area contributed by atoms with Crippen LogP contribution in [0.15, 0.2) is 60.7 Å². The number of hydrogen-bond donors (Lipinski definition) is 1. The van der Waals surface area contributed by atoms with E-state index in [2.05, 4.69) is 36.4 Å². The first kappa shape index (κ1) is 12.4. The molecule has 0 saturated heterocycles. The maximum absolute atomic E-state index is 11.1. The summed E-state index contributed by atoms with van der Waals surface area (Å²) in [6.07, 6.45) is 4.05.